The highest BCUT2D eigenvalue weighted by molar-refractivity contribution is 6.71. The van der Waals surface area contributed by atoms with Crippen molar-refractivity contribution in [2.45, 2.75) is 76.0 Å². The number of aryl methyl sites for hydroxylation is 1. The van der Waals surface area contributed by atoms with Gasteiger partial charge in [-0.3, -0.25) is 14.3 Å². The zero-order chi connectivity index (χ0) is 34.3. The first-order chi connectivity index (χ1) is 23.6. The fourth-order valence-corrected chi connectivity index (χ4v) is 10.5. The molecule has 3 aromatic carbocycles. The Morgan fingerprint density at radius 3 is 2.45 bits per heavy atom. The highest BCUT2D eigenvalue weighted by atomic mass is 28.4. The molecule has 2 amide bonds. The third-order valence-electron chi connectivity index (χ3n) is 10.1. The van der Waals surface area contributed by atoms with Gasteiger partial charge in [0.15, 0.2) is 13.9 Å². The first-order valence-corrected chi connectivity index (χ1v) is 20.0. The Morgan fingerprint density at radius 2 is 1.73 bits per heavy atom. The van der Waals surface area contributed by atoms with E-state index in [1.807, 2.05) is 105 Å². The molecule has 254 valence electrons. The lowest BCUT2D eigenvalue weighted by molar-refractivity contribution is -0.146. The molecule has 0 aliphatic carbocycles. The highest BCUT2D eigenvalue weighted by Crippen LogP contribution is 2.60. The highest BCUT2D eigenvalue weighted by Gasteiger charge is 2.66. The number of rotatable bonds is 10. The number of aliphatic hydroxyl groups excluding tert-OH is 1. The Bertz CT molecular complexity index is 1880. The van der Waals surface area contributed by atoms with Crippen LogP contribution in [0, 0.1) is 5.92 Å². The van der Waals surface area contributed by atoms with Crippen molar-refractivity contribution < 1.29 is 24.2 Å². The van der Waals surface area contributed by atoms with Gasteiger partial charge in [0.1, 0.15) is 0 Å². The molecule has 3 aliphatic heterocycles. The molecule has 11 nitrogen and oxygen atoms in total. The molecule has 0 radical (unpaired) electrons. The van der Waals surface area contributed by atoms with Gasteiger partial charge in [-0.15, -0.1) is 5.10 Å². The molecule has 12 heteroatoms. The van der Waals surface area contributed by atoms with Gasteiger partial charge in [0.2, 0.25) is 5.91 Å². The minimum absolute atomic E-state index is 0.0122. The van der Waals surface area contributed by atoms with E-state index in [2.05, 4.69) is 10.3 Å². The van der Waals surface area contributed by atoms with Crippen LogP contribution in [0.25, 0.3) is 0 Å². The molecule has 1 saturated heterocycles. The Morgan fingerprint density at radius 1 is 1.00 bits per heavy atom. The van der Waals surface area contributed by atoms with Crippen LogP contribution in [0.3, 0.4) is 0 Å². The van der Waals surface area contributed by atoms with E-state index < -0.39 is 20.0 Å². The van der Waals surface area contributed by atoms with Crippen LogP contribution in [0.15, 0.2) is 90.2 Å². The topological polar surface area (TPSA) is 133 Å². The number of hydrogen-bond donors (Lipinski definition) is 2. The van der Waals surface area contributed by atoms with E-state index in [1.54, 1.807) is 9.58 Å². The van der Waals surface area contributed by atoms with E-state index in [4.69, 9.17) is 9.84 Å². The Balaban J connectivity index is 1.30. The van der Waals surface area contributed by atoms with Crippen LogP contribution in [0.2, 0.25) is 18.6 Å². The smallest absolute Gasteiger partial charge is 0.264 e. The van der Waals surface area contributed by atoms with Crippen molar-refractivity contribution in [3.63, 3.8) is 0 Å². The normalized spacial score (nSPS) is 23.8. The second kappa shape index (κ2) is 13.1. The third-order valence-corrected chi connectivity index (χ3v) is 12.6. The summed E-state index contributed by atoms with van der Waals surface area (Å²) in [5.74, 6) is -0.661. The van der Waals surface area contributed by atoms with Crippen LogP contribution < -0.4 is 9.91 Å². The first-order valence-electron chi connectivity index (χ1n) is 17.0. The standard InChI is InChI=1S/C37H42N6O5Si/c1-25-35(49(2,3)47)33(18-20-41-24-28(19-21-44)38-40-41)48-37(25)30-22-29(43-34(45)17-15-31(39-43)27-12-8-5-9-13-27)14-16-32(30)42(36(37)46)23-26-10-6-4-7-11-26/h4-14,16,22,24-25,33,35,44,47H,15,17-21,23H2,1-3H3/t25-,33+,35-,37+/m0/s1. The SMILES string of the molecule is C[C@H]1[C@H]([Si](C)(C)O)[C@@H](CCn2cc(CCO)nn2)O[C@]12C(=O)N(Cc1ccccc1)c1ccc(N3N=C(c4ccccc4)CCC3=O)cc12. The maximum Gasteiger partial charge on any atom is 0.264 e. The molecule has 0 bridgehead atoms. The minimum Gasteiger partial charge on any atom is -0.432 e. The number of aromatic nitrogens is 3. The van der Waals surface area contributed by atoms with Crippen LogP contribution >= 0.6 is 0 Å². The first kappa shape index (κ1) is 33.0. The van der Waals surface area contributed by atoms with Crippen molar-refractivity contribution in [3.05, 3.63) is 107 Å². The van der Waals surface area contributed by atoms with E-state index in [9.17, 15) is 19.5 Å². The molecule has 4 heterocycles. The molecule has 0 unspecified atom stereocenters. The summed E-state index contributed by atoms with van der Waals surface area (Å²) in [6.45, 7) is 6.64. The van der Waals surface area contributed by atoms with E-state index >= 15 is 0 Å². The summed E-state index contributed by atoms with van der Waals surface area (Å²) in [5, 5.41) is 24.0. The summed E-state index contributed by atoms with van der Waals surface area (Å²) >= 11 is 0. The van der Waals surface area contributed by atoms with E-state index in [0.717, 1.165) is 22.5 Å². The fourth-order valence-electron chi connectivity index (χ4n) is 7.92. The minimum atomic E-state index is -2.90. The quantitative estimate of drug-likeness (QED) is 0.231. The lowest BCUT2D eigenvalue weighted by atomic mass is 9.82. The molecular formula is C37H42N6O5Si. The second-order valence-electron chi connectivity index (χ2n) is 13.8. The number of anilines is 2. The van der Waals surface area contributed by atoms with Crippen molar-refractivity contribution in [3.8, 4) is 0 Å². The molecular weight excluding hydrogens is 637 g/mol. The van der Waals surface area contributed by atoms with Crippen LogP contribution in [-0.2, 0) is 39.4 Å². The number of nitrogens with zero attached hydrogens (tertiary/aromatic N) is 6. The summed E-state index contributed by atoms with van der Waals surface area (Å²) < 4.78 is 8.77. The van der Waals surface area contributed by atoms with Gasteiger partial charge in [0.05, 0.1) is 35.4 Å². The summed E-state index contributed by atoms with van der Waals surface area (Å²) in [6.07, 6.45) is 3.16. The molecule has 1 aromatic heterocycles. The number of hydrazone groups is 1. The number of fused-ring (bicyclic) bond motifs is 2. The van der Waals surface area contributed by atoms with Gasteiger partial charge in [0.25, 0.3) is 5.91 Å². The summed E-state index contributed by atoms with van der Waals surface area (Å²) in [6, 6.07) is 25.4. The second-order valence-corrected chi connectivity index (χ2v) is 17.8. The zero-order valence-corrected chi connectivity index (χ0v) is 29.1. The Hall–Kier alpha value is -4.49. The van der Waals surface area contributed by atoms with Gasteiger partial charge >= 0.3 is 0 Å². The molecule has 0 saturated carbocycles. The van der Waals surface area contributed by atoms with Gasteiger partial charge in [-0.1, -0.05) is 72.8 Å². The predicted molar refractivity (Wildman–Crippen MR) is 188 cm³/mol. The summed E-state index contributed by atoms with van der Waals surface area (Å²) in [5.41, 5.74) is 3.79. The Kier molecular flexibility index (Phi) is 8.82. The summed E-state index contributed by atoms with van der Waals surface area (Å²) in [7, 11) is -2.90. The average Bonchev–Trinajstić information content (AvgIpc) is 3.74. The fraction of sp³-hybridized carbons (Fsp3) is 0.378. The van der Waals surface area contributed by atoms with E-state index in [1.165, 1.54) is 5.01 Å². The predicted octanol–water partition coefficient (Wildman–Crippen LogP) is 4.78. The van der Waals surface area contributed by atoms with Gasteiger partial charge < -0.3 is 19.5 Å². The molecule has 1 fully saturated rings. The molecule has 7 rings (SSSR count). The number of ether oxygens (including phenoxy) is 1. The van der Waals surface area contributed by atoms with Crippen molar-refractivity contribution >= 4 is 37.2 Å². The number of hydrogen-bond acceptors (Lipinski definition) is 8. The maximum absolute atomic E-state index is 14.9. The molecule has 1 spiro atoms. The molecule has 3 aliphatic rings. The van der Waals surface area contributed by atoms with Crippen molar-refractivity contribution in [2.24, 2.45) is 11.0 Å². The molecule has 49 heavy (non-hydrogen) atoms. The third kappa shape index (κ3) is 6.03. The molecule has 2 N–H and O–H groups in total. The van der Waals surface area contributed by atoms with E-state index in [-0.39, 0.29) is 29.9 Å². The lowest BCUT2D eigenvalue weighted by Gasteiger charge is -2.32. The largest absolute Gasteiger partial charge is 0.432 e. The van der Waals surface area contributed by atoms with Gasteiger partial charge in [-0.05, 0) is 48.8 Å². The number of carbonyl (C=O) groups excluding carboxylic acids is 2. The number of aliphatic hydroxyl groups is 1. The van der Waals surface area contributed by atoms with Gasteiger partial charge in [0, 0.05) is 55.6 Å². The lowest BCUT2D eigenvalue weighted by Crippen LogP contribution is -2.46. The van der Waals surface area contributed by atoms with Crippen LogP contribution in [0.4, 0.5) is 11.4 Å². The van der Waals surface area contributed by atoms with E-state index in [0.29, 0.717) is 55.7 Å². The zero-order valence-electron chi connectivity index (χ0n) is 28.1. The Labute approximate surface area is 286 Å². The van der Waals surface area contributed by atoms with Gasteiger partial charge in [-0.2, -0.15) is 5.10 Å². The van der Waals surface area contributed by atoms with Crippen molar-refractivity contribution in [1.82, 2.24) is 15.0 Å². The maximum atomic E-state index is 14.9. The van der Waals surface area contributed by atoms with Crippen molar-refractivity contribution in [1.29, 1.82) is 0 Å². The molecule has 4 aromatic rings. The van der Waals surface area contributed by atoms with Crippen LogP contribution in [0.5, 0.6) is 0 Å². The van der Waals surface area contributed by atoms with Crippen LogP contribution in [-0.4, -0.2) is 63.5 Å². The number of amides is 2. The van der Waals surface area contributed by atoms with Gasteiger partial charge in [-0.25, -0.2) is 5.01 Å². The number of carbonyl (C=O) groups is 2. The average molecular weight is 679 g/mol. The van der Waals surface area contributed by atoms with Crippen molar-refractivity contribution in [2.75, 3.05) is 16.5 Å². The molecule has 4 atom stereocenters. The summed E-state index contributed by atoms with van der Waals surface area (Å²) in [4.78, 5) is 41.8. The number of benzene rings is 3. The monoisotopic (exact) mass is 678 g/mol. The van der Waals surface area contributed by atoms with Crippen LogP contribution in [0.1, 0.15) is 48.6 Å².